The van der Waals surface area contributed by atoms with Gasteiger partial charge in [-0.15, -0.1) is 0 Å². The molecule has 0 atom stereocenters. The van der Waals surface area contributed by atoms with Crippen LogP contribution in [-0.4, -0.2) is 17.2 Å². The van der Waals surface area contributed by atoms with Crippen molar-refractivity contribution in [3.63, 3.8) is 0 Å². The van der Waals surface area contributed by atoms with E-state index in [1.54, 1.807) is 6.07 Å². The maximum absolute atomic E-state index is 9.43. The predicted molar refractivity (Wildman–Crippen MR) is 57.6 cm³/mol. The molecular formula is C12H17NO. The maximum atomic E-state index is 9.43. The molecule has 1 aliphatic rings. The third kappa shape index (κ3) is 1.90. The van der Waals surface area contributed by atoms with Crippen LogP contribution in [0.25, 0.3) is 0 Å². The fourth-order valence-corrected chi connectivity index (χ4v) is 2.09. The number of fused-ring (bicyclic) bond motifs is 1. The monoisotopic (exact) mass is 191 g/mol. The van der Waals surface area contributed by atoms with E-state index in [0.29, 0.717) is 5.75 Å². The molecule has 0 saturated carbocycles. The van der Waals surface area contributed by atoms with Gasteiger partial charge >= 0.3 is 0 Å². The first-order valence-electron chi connectivity index (χ1n) is 5.13. The summed E-state index contributed by atoms with van der Waals surface area (Å²) in [6.07, 6.45) is 2.04. The van der Waals surface area contributed by atoms with Gasteiger partial charge in [-0.25, -0.2) is 0 Å². The second-order valence-electron chi connectivity index (χ2n) is 4.69. The van der Waals surface area contributed by atoms with Gasteiger partial charge in [0.2, 0.25) is 0 Å². The van der Waals surface area contributed by atoms with Crippen molar-refractivity contribution in [3.8, 4) is 5.75 Å². The molecular weight excluding hydrogens is 174 g/mol. The molecule has 2 N–H and O–H groups in total. The molecule has 1 aromatic rings. The Morgan fingerprint density at radius 1 is 1.29 bits per heavy atom. The Labute approximate surface area is 85.0 Å². The average molecular weight is 191 g/mol. The van der Waals surface area contributed by atoms with Crippen molar-refractivity contribution in [3.05, 3.63) is 29.3 Å². The standard InChI is InChI=1S/C12H17NO/c1-12(2)8-10-7-11(14)4-3-9(10)5-6-13-12/h3-4,7,13-14H,5-6,8H2,1-2H3. The highest BCUT2D eigenvalue weighted by Gasteiger charge is 2.22. The lowest BCUT2D eigenvalue weighted by Gasteiger charge is -2.24. The quantitative estimate of drug-likeness (QED) is 0.656. The molecule has 0 unspecified atom stereocenters. The summed E-state index contributed by atoms with van der Waals surface area (Å²) in [7, 11) is 0. The van der Waals surface area contributed by atoms with E-state index in [1.807, 2.05) is 12.1 Å². The summed E-state index contributed by atoms with van der Waals surface area (Å²) in [5, 5.41) is 12.9. The highest BCUT2D eigenvalue weighted by molar-refractivity contribution is 5.37. The van der Waals surface area contributed by atoms with Crippen LogP contribution in [0.5, 0.6) is 5.75 Å². The first-order chi connectivity index (χ1) is 6.57. The van der Waals surface area contributed by atoms with Crippen molar-refractivity contribution in [2.45, 2.75) is 32.2 Å². The molecule has 14 heavy (non-hydrogen) atoms. The van der Waals surface area contributed by atoms with Gasteiger partial charge in [-0.3, -0.25) is 0 Å². The second kappa shape index (κ2) is 3.28. The van der Waals surface area contributed by atoms with Gasteiger partial charge < -0.3 is 10.4 Å². The number of phenolic OH excluding ortho intramolecular Hbond substituents is 1. The van der Waals surface area contributed by atoms with Crippen molar-refractivity contribution in [1.29, 1.82) is 0 Å². The van der Waals surface area contributed by atoms with Crippen LogP contribution in [0.4, 0.5) is 0 Å². The summed E-state index contributed by atoms with van der Waals surface area (Å²) < 4.78 is 0. The Balaban J connectivity index is 2.38. The lowest BCUT2D eigenvalue weighted by Crippen LogP contribution is -2.40. The number of hydrogen-bond acceptors (Lipinski definition) is 2. The Kier molecular flexibility index (Phi) is 2.23. The van der Waals surface area contributed by atoms with Crippen molar-refractivity contribution in [2.24, 2.45) is 0 Å². The number of phenols is 1. The SMILES string of the molecule is CC1(C)Cc2cc(O)ccc2CCN1. The van der Waals surface area contributed by atoms with E-state index in [9.17, 15) is 5.11 Å². The van der Waals surface area contributed by atoms with Gasteiger partial charge in [0.15, 0.2) is 0 Å². The summed E-state index contributed by atoms with van der Waals surface area (Å²) in [4.78, 5) is 0. The van der Waals surface area contributed by atoms with Gasteiger partial charge in [-0.05, 0) is 56.5 Å². The number of aromatic hydroxyl groups is 1. The highest BCUT2D eigenvalue weighted by atomic mass is 16.3. The van der Waals surface area contributed by atoms with Gasteiger partial charge in [0.1, 0.15) is 5.75 Å². The molecule has 0 fully saturated rings. The molecule has 1 aliphatic heterocycles. The molecule has 2 heteroatoms. The highest BCUT2D eigenvalue weighted by Crippen LogP contribution is 2.24. The number of hydrogen-bond donors (Lipinski definition) is 2. The van der Waals surface area contributed by atoms with Crippen LogP contribution in [0.15, 0.2) is 18.2 Å². The van der Waals surface area contributed by atoms with E-state index in [4.69, 9.17) is 0 Å². The Hall–Kier alpha value is -1.02. The van der Waals surface area contributed by atoms with Gasteiger partial charge in [-0.2, -0.15) is 0 Å². The summed E-state index contributed by atoms with van der Waals surface area (Å²) in [6.45, 7) is 5.42. The summed E-state index contributed by atoms with van der Waals surface area (Å²) >= 11 is 0. The van der Waals surface area contributed by atoms with Crippen molar-refractivity contribution in [1.82, 2.24) is 5.32 Å². The van der Waals surface area contributed by atoms with Crippen LogP contribution in [0.2, 0.25) is 0 Å². The summed E-state index contributed by atoms with van der Waals surface area (Å²) in [5.41, 5.74) is 2.78. The molecule has 0 bridgehead atoms. The van der Waals surface area contributed by atoms with Gasteiger partial charge in [0.25, 0.3) is 0 Å². The molecule has 0 radical (unpaired) electrons. The van der Waals surface area contributed by atoms with Crippen LogP contribution < -0.4 is 5.32 Å². The normalized spacial score (nSPS) is 19.9. The lowest BCUT2D eigenvalue weighted by atomic mass is 9.93. The third-order valence-electron chi connectivity index (χ3n) is 2.82. The lowest BCUT2D eigenvalue weighted by molar-refractivity contribution is 0.400. The fraction of sp³-hybridized carbons (Fsp3) is 0.500. The Bertz CT molecular complexity index is 344. The van der Waals surface area contributed by atoms with Gasteiger partial charge in [-0.1, -0.05) is 6.07 Å². The predicted octanol–water partition coefficient (Wildman–Crippen LogP) is 1.86. The zero-order chi connectivity index (χ0) is 10.2. The van der Waals surface area contributed by atoms with Crippen molar-refractivity contribution in [2.75, 3.05) is 6.54 Å². The first-order valence-corrected chi connectivity index (χ1v) is 5.13. The number of rotatable bonds is 0. The van der Waals surface area contributed by atoms with Crippen LogP contribution in [0, 0.1) is 0 Å². The Morgan fingerprint density at radius 3 is 2.86 bits per heavy atom. The molecule has 0 aromatic heterocycles. The number of nitrogens with one attached hydrogen (secondary N) is 1. The molecule has 76 valence electrons. The molecule has 1 heterocycles. The first kappa shape index (κ1) is 9.53. The van der Waals surface area contributed by atoms with E-state index in [2.05, 4.69) is 19.2 Å². The Morgan fingerprint density at radius 2 is 2.07 bits per heavy atom. The summed E-state index contributed by atoms with van der Waals surface area (Å²) in [5.74, 6) is 0.376. The van der Waals surface area contributed by atoms with Gasteiger partial charge in [0, 0.05) is 5.54 Å². The van der Waals surface area contributed by atoms with Crippen molar-refractivity contribution >= 4 is 0 Å². The molecule has 0 saturated heterocycles. The largest absolute Gasteiger partial charge is 0.508 e. The average Bonchev–Trinajstić information content (AvgIpc) is 2.21. The van der Waals surface area contributed by atoms with Crippen molar-refractivity contribution < 1.29 is 5.11 Å². The zero-order valence-corrected chi connectivity index (χ0v) is 8.80. The molecule has 0 spiro atoms. The van der Waals surface area contributed by atoms with E-state index >= 15 is 0 Å². The zero-order valence-electron chi connectivity index (χ0n) is 8.80. The molecule has 1 aromatic carbocycles. The number of benzene rings is 1. The third-order valence-corrected chi connectivity index (χ3v) is 2.82. The van der Waals surface area contributed by atoms with Crippen LogP contribution in [-0.2, 0) is 12.8 Å². The second-order valence-corrected chi connectivity index (χ2v) is 4.69. The van der Waals surface area contributed by atoms with E-state index < -0.39 is 0 Å². The minimum absolute atomic E-state index is 0.138. The maximum Gasteiger partial charge on any atom is 0.115 e. The topological polar surface area (TPSA) is 32.3 Å². The van der Waals surface area contributed by atoms with E-state index in [-0.39, 0.29) is 5.54 Å². The van der Waals surface area contributed by atoms with Crippen LogP contribution in [0.3, 0.4) is 0 Å². The molecule has 0 aliphatic carbocycles. The van der Waals surface area contributed by atoms with Crippen LogP contribution in [0.1, 0.15) is 25.0 Å². The van der Waals surface area contributed by atoms with E-state index in [0.717, 1.165) is 19.4 Å². The minimum Gasteiger partial charge on any atom is -0.508 e. The van der Waals surface area contributed by atoms with Gasteiger partial charge in [0.05, 0.1) is 0 Å². The smallest absolute Gasteiger partial charge is 0.115 e. The molecule has 0 amide bonds. The molecule has 2 nitrogen and oxygen atoms in total. The van der Waals surface area contributed by atoms with Crippen LogP contribution >= 0.6 is 0 Å². The van der Waals surface area contributed by atoms with E-state index in [1.165, 1.54) is 11.1 Å². The summed E-state index contributed by atoms with van der Waals surface area (Å²) in [6, 6.07) is 5.70. The minimum atomic E-state index is 0.138. The fourth-order valence-electron chi connectivity index (χ4n) is 2.09. The molecule has 2 rings (SSSR count).